The van der Waals surface area contributed by atoms with Crippen LogP contribution >= 0.6 is 0 Å². The Morgan fingerprint density at radius 2 is 1.48 bits per heavy atom. The first kappa shape index (κ1) is 20.5. The lowest BCUT2D eigenvalue weighted by atomic mass is 9.96. The second kappa shape index (κ2) is 8.52. The van der Waals surface area contributed by atoms with E-state index in [-0.39, 0.29) is 13.2 Å². The van der Waals surface area contributed by atoms with E-state index in [0.717, 1.165) is 11.1 Å². The smallest absolute Gasteiger partial charge is 0.190 e. The highest BCUT2D eigenvalue weighted by Gasteiger charge is 2.62. The van der Waals surface area contributed by atoms with E-state index >= 15 is 0 Å². The van der Waals surface area contributed by atoms with E-state index < -0.39 is 29.9 Å². The third kappa shape index (κ3) is 4.53. The molecule has 4 atom stereocenters. The molecule has 4 rings (SSSR count). The van der Waals surface area contributed by atoms with Gasteiger partial charge >= 0.3 is 0 Å². The third-order valence-corrected chi connectivity index (χ3v) is 5.25. The summed E-state index contributed by atoms with van der Waals surface area (Å²) in [7, 11) is 0. The highest BCUT2D eigenvalue weighted by molar-refractivity contribution is 5.15. The fourth-order valence-electron chi connectivity index (χ4n) is 3.86. The van der Waals surface area contributed by atoms with Gasteiger partial charge in [0, 0.05) is 0 Å². The molecule has 29 heavy (non-hydrogen) atoms. The third-order valence-electron chi connectivity index (χ3n) is 5.25. The Balaban J connectivity index is 1.48. The van der Waals surface area contributed by atoms with Gasteiger partial charge in [-0.05, 0) is 25.0 Å². The molecule has 2 saturated heterocycles. The molecule has 0 saturated carbocycles. The Morgan fingerprint density at radius 1 is 0.862 bits per heavy atom. The molecule has 156 valence electrons. The van der Waals surface area contributed by atoms with E-state index in [0.29, 0.717) is 13.2 Å². The molecule has 2 heterocycles. The van der Waals surface area contributed by atoms with Crippen molar-refractivity contribution in [3.63, 3.8) is 0 Å². The summed E-state index contributed by atoms with van der Waals surface area (Å²) in [6.07, 6.45) is -1.59. The van der Waals surface area contributed by atoms with Crippen LogP contribution < -0.4 is 0 Å². The van der Waals surface area contributed by atoms with Gasteiger partial charge in [-0.25, -0.2) is 0 Å². The summed E-state index contributed by atoms with van der Waals surface area (Å²) in [5.74, 6) is -0.768. The summed E-state index contributed by atoms with van der Waals surface area (Å²) < 4.78 is 30.2. The Hall–Kier alpha value is -1.80. The molecule has 2 aliphatic rings. The molecule has 2 fully saturated rings. The van der Waals surface area contributed by atoms with Crippen molar-refractivity contribution in [3.05, 3.63) is 71.8 Å². The van der Waals surface area contributed by atoms with Crippen molar-refractivity contribution in [1.82, 2.24) is 0 Å². The maximum absolute atomic E-state index is 10.3. The van der Waals surface area contributed by atoms with Crippen molar-refractivity contribution in [2.45, 2.75) is 56.9 Å². The van der Waals surface area contributed by atoms with E-state index in [1.54, 1.807) is 0 Å². The molecule has 0 aromatic heterocycles. The van der Waals surface area contributed by atoms with Crippen molar-refractivity contribution in [1.29, 1.82) is 0 Å². The first-order chi connectivity index (χ1) is 14.0. The molecule has 6 heteroatoms. The molecule has 2 aliphatic heterocycles. The van der Waals surface area contributed by atoms with Crippen LogP contribution in [0.3, 0.4) is 0 Å². The molecule has 2 aromatic carbocycles. The Morgan fingerprint density at radius 3 is 2.10 bits per heavy atom. The molecule has 0 radical (unpaired) electrons. The van der Waals surface area contributed by atoms with E-state index in [9.17, 15) is 5.11 Å². The van der Waals surface area contributed by atoms with E-state index in [4.69, 9.17) is 23.7 Å². The van der Waals surface area contributed by atoms with Gasteiger partial charge in [-0.3, -0.25) is 0 Å². The van der Waals surface area contributed by atoms with Gasteiger partial charge in [-0.2, -0.15) is 0 Å². The van der Waals surface area contributed by atoms with Gasteiger partial charge in [0.25, 0.3) is 0 Å². The first-order valence-electron chi connectivity index (χ1n) is 9.93. The number of aliphatic hydroxyl groups is 1. The van der Waals surface area contributed by atoms with Crippen LogP contribution in [-0.2, 0) is 36.9 Å². The molecule has 0 bridgehead atoms. The van der Waals surface area contributed by atoms with E-state index in [2.05, 4.69) is 0 Å². The summed E-state index contributed by atoms with van der Waals surface area (Å²) in [4.78, 5) is 0. The van der Waals surface area contributed by atoms with Crippen LogP contribution in [0.2, 0.25) is 0 Å². The topological polar surface area (TPSA) is 66.4 Å². The lowest BCUT2D eigenvalue weighted by molar-refractivity contribution is -0.261. The summed E-state index contributed by atoms with van der Waals surface area (Å²) in [5, 5.41) is 10.3. The van der Waals surface area contributed by atoms with Crippen LogP contribution in [-0.4, -0.2) is 48.2 Å². The summed E-state index contributed by atoms with van der Waals surface area (Å²) in [6.45, 7) is 4.38. The lowest BCUT2D eigenvalue weighted by Gasteiger charge is -2.35. The molecule has 2 aromatic rings. The van der Waals surface area contributed by atoms with Gasteiger partial charge in [0.2, 0.25) is 0 Å². The van der Waals surface area contributed by atoms with Gasteiger partial charge in [0.1, 0.15) is 17.8 Å². The number of benzene rings is 2. The molecule has 1 N–H and O–H groups in total. The molecular formula is C23H28O6. The average molecular weight is 400 g/mol. The molecule has 1 unspecified atom stereocenters. The van der Waals surface area contributed by atoms with Crippen LogP contribution in [0.25, 0.3) is 0 Å². The van der Waals surface area contributed by atoms with Gasteiger partial charge in [0.15, 0.2) is 12.1 Å². The second-order valence-electron chi connectivity index (χ2n) is 8.00. The van der Waals surface area contributed by atoms with Crippen molar-refractivity contribution < 1.29 is 28.8 Å². The Labute approximate surface area is 171 Å². The first-order valence-corrected chi connectivity index (χ1v) is 9.93. The second-order valence-corrected chi connectivity index (χ2v) is 8.00. The predicted molar refractivity (Wildman–Crippen MR) is 106 cm³/mol. The zero-order valence-electron chi connectivity index (χ0n) is 16.8. The summed E-state index contributed by atoms with van der Waals surface area (Å²) in [6, 6.07) is 19.8. The number of fused-ring (bicyclic) bond motifs is 1. The van der Waals surface area contributed by atoms with Crippen LogP contribution in [0, 0.1) is 0 Å². The number of hydrogen-bond donors (Lipinski definition) is 1. The zero-order valence-corrected chi connectivity index (χ0v) is 16.8. The molecular weight excluding hydrogens is 372 g/mol. The minimum absolute atomic E-state index is 0.165. The Bertz CT molecular complexity index is 780. The van der Waals surface area contributed by atoms with Crippen LogP contribution in [0.1, 0.15) is 25.0 Å². The highest BCUT2D eigenvalue weighted by Crippen LogP contribution is 2.44. The number of rotatable bonds is 8. The molecule has 0 spiro atoms. The standard InChI is InChI=1S/C23H28O6/c1-22(2)27-19-20(26-14-18-11-7-4-8-12-18)23(15-24,29-21(19)28-22)16-25-13-17-9-5-3-6-10-17/h3-12,19-21,24H,13-16H2,1-2H3/t19?,20-,21-,23-/m1/s1. The van der Waals surface area contributed by atoms with Crippen LogP contribution in [0.15, 0.2) is 60.7 Å². The van der Waals surface area contributed by atoms with Crippen molar-refractivity contribution in [2.24, 2.45) is 0 Å². The van der Waals surface area contributed by atoms with Gasteiger partial charge in [-0.1, -0.05) is 60.7 Å². The normalized spacial score (nSPS) is 30.4. The minimum atomic E-state index is -1.06. The van der Waals surface area contributed by atoms with E-state index in [1.807, 2.05) is 74.5 Å². The summed E-state index contributed by atoms with van der Waals surface area (Å²) >= 11 is 0. The monoisotopic (exact) mass is 400 g/mol. The predicted octanol–water partition coefficient (Wildman–Crippen LogP) is 3.03. The van der Waals surface area contributed by atoms with Gasteiger partial charge in [-0.15, -0.1) is 0 Å². The number of ether oxygens (including phenoxy) is 5. The fraction of sp³-hybridized carbons (Fsp3) is 0.478. The van der Waals surface area contributed by atoms with E-state index in [1.165, 1.54) is 0 Å². The lowest BCUT2D eigenvalue weighted by Crippen LogP contribution is -2.52. The van der Waals surface area contributed by atoms with Crippen LogP contribution in [0.4, 0.5) is 0 Å². The van der Waals surface area contributed by atoms with Crippen molar-refractivity contribution >= 4 is 0 Å². The maximum Gasteiger partial charge on any atom is 0.190 e. The number of hydrogen-bond acceptors (Lipinski definition) is 6. The highest BCUT2D eigenvalue weighted by atomic mass is 16.8. The van der Waals surface area contributed by atoms with Crippen molar-refractivity contribution in [3.8, 4) is 0 Å². The van der Waals surface area contributed by atoms with Crippen molar-refractivity contribution in [2.75, 3.05) is 13.2 Å². The molecule has 6 nitrogen and oxygen atoms in total. The SMILES string of the molecule is CC1(C)OC2[C@H](O1)O[C@](CO)(COCc1ccccc1)[C@@H]2OCc1ccccc1. The Kier molecular flexibility index (Phi) is 6.01. The molecule has 0 aliphatic carbocycles. The van der Waals surface area contributed by atoms with Gasteiger partial charge in [0.05, 0.1) is 26.4 Å². The summed E-state index contributed by atoms with van der Waals surface area (Å²) in [5.41, 5.74) is 1.02. The fourth-order valence-corrected chi connectivity index (χ4v) is 3.86. The molecule has 0 amide bonds. The average Bonchev–Trinajstić information content (AvgIpc) is 3.17. The minimum Gasteiger partial charge on any atom is -0.393 e. The maximum atomic E-state index is 10.3. The number of aliphatic hydroxyl groups excluding tert-OH is 1. The van der Waals surface area contributed by atoms with Crippen LogP contribution in [0.5, 0.6) is 0 Å². The quantitative estimate of drug-likeness (QED) is 0.735. The van der Waals surface area contributed by atoms with Gasteiger partial charge < -0.3 is 28.8 Å². The largest absolute Gasteiger partial charge is 0.393 e. The zero-order chi connectivity index (χ0) is 20.3.